The van der Waals surface area contributed by atoms with Crippen LogP contribution in [0.5, 0.6) is 11.5 Å². The summed E-state index contributed by atoms with van der Waals surface area (Å²) in [6.45, 7) is 4.91. The zero-order valence-electron chi connectivity index (χ0n) is 31.9. The number of nitrogens with zero attached hydrogens (tertiary/aromatic N) is 8. The maximum Gasteiger partial charge on any atom is 0.416 e. The second-order valence-electron chi connectivity index (χ2n) is 14.0. The summed E-state index contributed by atoms with van der Waals surface area (Å²) < 4.78 is 54.5. The molecule has 2 aliphatic heterocycles. The predicted octanol–water partition coefficient (Wildman–Crippen LogP) is 6.01. The average molecular weight is 828 g/mol. The van der Waals surface area contributed by atoms with Gasteiger partial charge in [-0.1, -0.05) is 61.0 Å². The highest BCUT2D eigenvalue weighted by Gasteiger charge is 2.33. The van der Waals surface area contributed by atoms with Crippen LogP contribution >= 0.6 is 11.6 Å². The average Bonchev–Trinajstić information content (AvgIpc) is 3.90. The van der Waals surface area contributed by atoms with Crippen LogP contribution in [0.1, 0.15) is 45.5 Å². The summed E-state index contributed by atoms with van der Waals surface area (Å²) in [7, 11) is 0. The minimum atomic E-state index is -4.62. The second-order valence-corrected chi connectivity index (χ2v) is 14.4. The van der Waals surface area contributed by atoms with Crippen molar-refractivity contribution in [3.8, 4) is 22.9 Å². The van der Waals surface area contributed by atoms with Gasteiger partial charge in [0.05, 0.1) is 34.3 Å². The van der Waals surface area contributed by atoms with Crippen LogP contribution < -0.4 is 25.2 Å². The zero-order chi connectivity index (χ0) is 41.4. The van der Waals surface area contributed by atoms with E-state index in [-0.39, 0.29) is 91.1 Å². The van der Waals surface area contributed by atoms with Crippen LogP contribution in [-0.2, 0) is 37.0 Å². The summed E-state index contributed by atoms with van der Waals surface area (Å²) in [5.74, 6) is 0.308. The highest BCUT2D eigenvalue weighted by molar-refractivity contribution is 6.33. The Hall–Kier alpha value is -6.49. The van der Waals surface area contributed by atoms with Gasteiger partial charge in [0.2, 0.25) is 11.7 Å². The highest BCUT2D eigenvalue weighted by atomic mass is 35.5. The van der Waals surface area contributed by atoms with E-state index >= 15 is 0 Å². The zero-order valence-corrected chi connectivity index (χ0v) is 32.7. The summed E-state index contributed by atoms with van der Waals surface area (Å²) in [6, 6.07) is 17.7. The van der Waals surface area contributed by atoms with E-state index in [1.165, 1.54) is 6.33 Å². The number of anilines is 2. The van der Waals surface area contributed by atoms with E-state index in [0.717, 1.165) is 40.3 Å². The van der Waals surface area contributed by atoms with Gasteiger partial charge in [0.15, 0.2) is 17.3 Å². The van der Waals surface area contributed by atoms with E-state index < -0.39 is 23.2 Å². The molecule has 8 rings (SSSR count). The molecule has 1 saturated heterocycles. The summed E-state index contributed by atoms with van der Waals surface area (Å²) in [5.41, 5.74) is 2.48. The molecule has 3 aromatic heterocycles. The lowest BCUT2D eigenvalue weighted by molar-refractivity contribution is -0.137. The second kappa shape index (κ2) is 16.0. The number of amides is 2. The Balaban J connectivity index is 1.10. The van der Waals surface area contributed by atoms with Crippen LogP contribution in [0.3, 0.4) is 0 Å². The van der Waals surface area contributed by atoms with Crippen LogP contribution in [0.2, 0.25) is 5.02 Å². The predicted molar refractivity (Wildman–Crippen MR) is 212 cm³/mol. The van der Waals surface area contributed by atoms with Gasteiger partial charge in [-0.2, -0.15) is 22.7 Å². The molecular weight excluding hydrogens is 791 g/mol. The monoisotopic (exact) mass is 827 g/mol. The number of alkyl halides is 3. The van der Waals surface area contributed by atoms with Gasteiger partial charge in [0, 0.05) is 38.2 Å². The van der Waals surface area contributed by atoms with Gasteiger partial charge < -0.3 is 29.2 Å². The number of rotatable bonds is 10. The Bertz CT molecular complexity index is 2640. The Morgan fingerprint density at radius 2 is 1.78 bits per heavy atom. The topological polar surface area (TPSA) is 149 Å². The quantitative estimate of drug-likeness (QED) is 0.174. The van der Waals surface area contributed by atoms with Crippen LogP contribution in [0.4, 0.5) is 24.5 Å². The van der Waals surface area contributed by atoms with E-state index in [0.29, 0.717) is 29.3 Å². The molecule has 5 heterocycles. The third-order valence-electron chi connectivity index (χ3n) is 10.3. The number of carbonyl (C=O) groups excluding carboxylic acids is 2. The number of nitrogens with one attached hydrogen (secondary N) is 1. The molecule has 0 aliphatic carbocycles. The van der Waals surface area contributed by atoms with Crippen LogP contribution in [0.25, 0.3) is 17.2 Å². The van der Waals surface area contributed by atoms with Gasteiger partial charge in [-0.05, 0) is 48.7 Å². The molecule has 0 atom stereocenters. The van der Waals surface area contributed by atoms with Crippen molar-refractivity contribution in [1.82, 2.24) is 34.0 Å². The third-order valence-corrected chi connectivity index (χ3v) is 10.6. The summed E-state index contributed by atoms with van der Waals surface area (Å²) in [5, 5.41) is 6.93. The Morgan fingerprint density at radius 3 is 2.51 bits per heavy atom. The third kappa shape index (κ3) is 7.89. The number of aromatic nitrogens is 6. The molecule has 2 aliphatic rings. The van der Waals surface area contributed by atoms with E-state index in [2.05, 4.69) is 20.4 Å². The van der Waals surface area contributed by atoms with Crippen LogP contribution in [-0.4, -0.2) is 78.6 Å². The van der Waals surface area contributed by atoms with Crippen molar-refractivity contribution in [2.45, 2.75) is 46.0 Å². The first kappa shape index (κ1) is 39.3. The molecule has 1 fully saturated rings. The van der Waals surface area contributed by atoms with Gasteiger partial charge in [-0.3, -0.25) is 14.4 Å². The molecule has 14 nitrogen and oxygen atoms in total. The number of hydrogen-bond acceptors (Lipinski definition) is 10. The lowest BCUT2D eigenvalue weighted by atomic mass is 10.1. The van der Waals surface area contributed by atoms with Crippen LogP contribution in [0.15, 0.2) is 77.9 Å². The van der Waals surface area contributed by atoms with Crippen molar-refractivity contribution in [3.05, 3.63) is 122 Å². The molecule has 18 heteroatoms. The molecule has 0 saturated carbocycles. The van der Waals surface area contributed by atoms with Crippen molar-refractivity contribution >= 4 is 40.6 Å². The van der Waals surface area contributed by atoms with Gasteiger partial charge in [-0.15, -0.1) is 5.10 Å². The number of piperazine rings is 1. The number of hydrogen-bond donors (Lipinski definition) is 1. The molecule has 59 heavy (non-hydrogen) atoms. The summed E-state index contributed by atoms with van der Waals surface area (Å²) >= 11 is 6.18. The summed E-state index contributed by atoms with van der Waals surface area (Å²) in [6.07, 6.45) is -2.25. The van der Waals surface area contributed by atoms with Crippen molar-refractivity contribution in [2.24, 2.45) is 0 Å². The first-order chi connectivity index (χ1) is 28.4. The highest BCUT2D eigenvalue weighted by Crippen LogP contribution is 2.34. The van der Waals surface area contributed by atoms with Crippen LogP contribution in [0, 0.1) is 6.92 Å². The fraction of sp³-hybridized carbons (Fsp3) is 0.293. The molecule has 0 unspecified atom stereocenters. The smallest absolute Gasteiger partial charge is 0.416 e. The van der Waals surface area contributed by atoms with E-state index in [1.54, 1.807) is 22.5 Å². The Morgan fingerprint density at radius 1 is 1.00 bits per heavy atom. The minimum Gasteiger partial charge on any atom is -0.493 e. The molecular formula is C41H37ClF3N9O5. The maximum atomic E-state index is 14.5. The molecule has 0 spiro atoms. The molecule has 2 amide bonds. The van der Waals surface area contributed by atoms with Gasteiger partial charge >= 0.3 is 6.18 Å². The molecule has 0 bridgehead atoms. The van der Waals surface area contributed by atoms with Crippen molar-refractivity contribution in [3.63, 3.8) is 0 Å². The molecule has 1 N–H and O–H groups in total. The van der Waals surface area contributed by atoms with Gasteiger partial charge in [0.1, 0.15) is 30.9 Å². The first-order valence-electron chi connectivity index (χ1n) is 18.9. The van der Waals surface area contributed by atoms with Gasteiger partial charge in [-0.25, -0.2) is 9.97 Å². The maximum absolute atomic E-state index is 14.5. The number of benzene rings is 3. The fourth-order valence-electron chi connectivity index (χ4n) is 7.28. The van der Waals surface area contributed by atoms with E-state index in [9.17, 15) is 27.6 Å². The number of halogens is 4. The molecule has 6 aromatic rings. The number of carbonyl (C=O) groups is 2. The molecule has 3 aromatic carbocycles. The molecule has 304 valence electrons. The normalized spacial score (nSPS) is 14.0. The minimum absolute atomic E-state index is 0.0198. The first-order valence-corrected chi connectivity index (χ1v) is 19.2. The summed E-state index contributed by atoms with van der Waals surface area (Å²) in [4.78, 5) is 58.9. The lowest BCUT2D eigenvalue weighted by Crippen LogP contribution is -2.51. The number of aryl methyl sites for hydroxylation is 1. The Kier molecular flexibility index (Phi) is 10.7. The SMILES string of the molecule is CCc1c(N2CCN(C(=O)c3ncnc(C)c3OCc3ccccc3)CC2)c(=O)n2nc(-c3ccc4c(c3)OCC4)nc2n1CC(=O)Nc1ccc(C(F)(F)F)cc1Cl. The Labute approximate surface area is 340 Å². The number of fused-ring (bicyclic) bond motifs is 2. The van der Waals surface area contributed by atoms with E-state index in [4.69, 9.17) is 26.1 Å². The standard InChI is InChI=1S/C41H37ClF3N9O5/c1-3-31-35(51-14-16-52(17-15-51)38(56)34-36(24(2)46-23-47-34)59-22-25-7-5-4-6-8-25)39(57)54-40(49-37(50-54)27-10-9-26-13-18-58-32(26)19-27)53(31)21-33(55)48-30-12-11-28(20-29(30)42)41(43,44)45/h4-12,19-20,23H,3,13-18,21-22H2,1-2H3,(H,48,55). The molecule has 0 radical (unpaired) electrons. The van der Waals surface area contributed by atoms with Crippen molar-refractivity contribution in [1.29, 1.82) is 0 Å². The van der Waals surface area contributed by atoms with Crippen molar-refractivity contribution in [2.75, 3.05) is 43.0 Å². The number of ether oxygens (including phenoxy) is 2. The fourth-order valence-corrected chi connectivity index (χ4v) is 7.51. The largest absolute Gasteiger partial charge is 0.493 e. The lowest BCUT2D eigenvalue weighted by Gasteiger charge is -2.36. The van der Waals surface area contributed by atoms with E-state index in [1.807, 2.05) is 54.3 Å². The van der Waals surface area contributed by atoms with Crippen molar-refractivity contribution < 1.29 is 32.2 Å². The van der Waals surface area contributed by atoms with Gasteiger partial charge in [0.25, 0.3) is 11.5 Å².